The van der Waals surface area contributed by atoms with Gasteiger partial charge in [-0.05, 0) is 0 Å². The number of aliphatic hydroxyl groups excluding tert-OH is 1. The van der Waals surface area contributed by atoms with Crippen molar-refractivity contribution in [2.75, 3.05) is 13.7 Å². The molecule has 1 aliphatic rings. The minimum atomic E-state index is -1.43. The lowest BCUT2D eigenvalue weighted by Crippen LogP contribution is -2.59. The standard InChI is InChI=1S/C21H30O11/c1-5-12(23)10-13-19(30-15(24)6-2)20(31-16(25)7-3)14(11-22)29-21(13)32-18(27)9-8-17(26)28-4/h8-9,13-14,19-22H,5-7,10-11H2,1-4H3/b9-8+/t13-,14-,19-,20+,21+/m1/s1. The zero-order chi connectivity index (χ0) is 24.3. The summed E-state index contributed by atoms with van der Waals surface area (Å²) in [6.07, 6.45) is -3.49. The Balaban J connectivity index is 3.31. The molecular formula is C21H30O11. The molecule has 11 heteroatoms. The Labute approximate surface area is 186 Å². The van der Waals surface area contributed by atoms with Gasteiger partial charge >= 0.3 is 23.9 Å². The minimum absolute atomic E-state index is 0.00361. The lowest BCUT2D eigenvalue weighted by Gasteiger charge is -2.44. The Morgan fingerprint density at radius 2 is 1.41 bits per heavy atom. The molecule has 0 amide bonds. The maximum absolute atomic E-state index is 12.2. The van der Waals surface area contributed by atoms with Crippen LogP contribution in [0.1, 0.15) is 46.5 Å². The Morgan fingerprint density at radius 1 is 0.844 bits per heavy atom. The Kier molecular flexibility index (Phi) is 11.6. The molecule has 1 fully saturated rings. The summed E-state index contributed by atoms with van der Waals surface area (Å²) in [6, 6.07) is 0. The maximum atomic E-state index is 12.2. The van der Waals surface area contributed by atoms with E-state index in [-0.39, 0.29) is 31.5 Å². The third-order valence-electron chi connectivity index (χ3n) is 4.71. The van der Waals surface area contributed by atoms with Gasteiger partial charge in [-0.1, -0.05) is 20.8 Å². The molecule has 1 saturated heterocycles. The summed E-state index contributed by atoms with van der Waals surface area (Å²) in [4.78, 5) is 59.7. The van der Waals surface area contributed by atoms with Crippen LogP contribution in [0, 0.1) is 5.92 Å². The van der Waals surface area contributed by atoms with Crippen molar-refractivity contribution in [2.45, 2.75) is 71.1 Å². The molecule has 0 bridgehead atoms. The van der Waals surface area contributed by atoms with Crippen molar-refractivity contribution in [1.29, 1.82) is 0 Å². The largest absolute Gasteiger partial charge is 0.466 e. The van der Waals surface area contributed by atoms with Gasteiger partial charge < -0.3 is 28.8 Å². The SMILES string of the molecule is CCC(=O)C[C@H]1[C@H](OC(=O)/C=C/C(=O)OC)O[C@H](CO)[C@H](OC(=O)CC)[C@@H]1OC(=O)CC. The molecule has 0 aliphatic carbocycles. The van der Waals surface area contributed by atoms with Gasteiger partial charge in [-0.25, -0.2) is 9.59 Å². The van der Waals surface area contributed by atoms with Crippen LogP contribution in [0.2, 0.25) is 0 Å². The number of methoxy groups -OCH3 is 1. The van der Waals surface area contributed by atoms with E-state index < -0.39 is 61.0 Å². The zero-order valence-corrected chi connectivity index (χ0v) is 18.6. The predicted molar refractivity (Wildman–Crippen MR) is 107 cm³/mol. The first-order chi connectivity index (χ1) is 15.2. The van der Waals surface area contributed by atoms with E-state index in [9.17, 15) is 29.1 Å². The van der Waals surface area contributed by atoms with E-state index in [2.05, 4.69) is 4.74 Å². The summed E-state index contributed by atoms with van der Waals surface area (Å²) < 4.78 is 26.1. The smallest absolute Gasteiger partial charge is 0.333 e. The van der Waals surface area contributed by atoms with E-state index in [4.69, 9.17) is 18.9 Å². The monoisotopic (exact) mass is 458 g/mol. The van der Waals surface area contributed by atoms with Gasteiger partial charge in [0, 0.05) is 37.8 Å². The highest BCUT2D eigenvalue weighted by atomic mass is 16.7. The van der Waals surface area contributed by atoms with E-state index in [1.54, 1.807) is 20.8 Å². The highest BCUT2D eigenvalue weighted by molar-refractivity contribution is 5.91. The molecule has 1 N–H and O–H groups in total. The van der Waals surface area contributed by atoms with Crippen LogP contribution in [0.15, 0.2) is 12.2 Å². The fourth-order valence-electron chi connectivity index (χ4n) is 2.97. The number of ether oxygens (including phenoxy) is 5. The molecule has 1 heterocycles. The van der Waals surface area contributed by atoms with Gasteiger partial charge in [-0.15, -0.1) is 0 Å². The molecule has 32 heavy (non-hydrogen) atoms. The lowest BCUT2D eigenvalue weighted by atomic mass is 9.86. The van der Waals surface area contributed by atoms with Crippen LogP contribution < -0.4 is 0 Å². The van der Waals surface area contributed by atoms with E-state index in [0.717, 1.165) is 19.3 Å². The van der Waals surface area contributed by atoms with Crippen LogP contribution >= 0.6 is 0 Å². The molecule has 0 radical (unpaired) electrons. The van der Waals surface area contributed by atoms with Crippen LogP contribution in [0.5, 0.6) is 0 Å². The molecule has 0 aromatic heterocycles. The molecule has 1 rings (SSSR count). The molecular weight excluding hydrogens is 428 g/mol. The molecule has 0 unspecified atom stereocenters. The fraction of sp³-hybridized carbons (Fsp3) is 0.667. The van der Waals surface area contributed by atoms with Crippen molar-refractivity contribution in [2.24, 2.45) is 5.92 Å². The second-order valence-corrected chi connectivity index (χ2v) is 6.90. The van der Waals surface area contributed by atoms with Crippen molar-refractivity contribution in [3.63, 3.8) is 0 Å². The molecule has 5 atom stereocenters. The number of esters is 4. The van der Waals surface area contributed by atoms with Gasteiger partial charge in [0.1, 0.15) is 11.9 Å². The van der Waals surface area contributed by atoms with Gasteiger partial charge in [0.2, 0.25) is 6.29 Å². The Bertz CT molecular complexity index is 715. The molecule has 0 spiro atoms. The number of carbonyl (C=O) groups excluding carboxylic acids is 5. The van der Waals surface area contributed by atoms with Gasteiger partial charge in [0.05, 0.1) is 19.6 Å². The first-order valence-electron chi connectivity index (χ1n) is 10.3. The number of rotatable bonds is 11. The highest BCUT2D eigenvalue weighted by Crippen LogP contribution is 2.34. The van der Waals surface area contributed by atoms with Crippen LogP contribution in [-0.2, 0) is 47.7 Å². The first kappa shape index (κ1) is 27.2. The van der Waals surface area contributed by atoms with Gasteiger partial charge in [0.25, 0.3) is 0 Å². The van der Waals surface area contributed by atoms with Crippen LogP contribution in [0.25, 0.3) is 0 Å². The van der Waals surface area contributed by atoms with Gasteiger partial charge in [-0.2, -0.15) is 0 Å². The molecule has 1 aliphatic heterocycles. The number of ketones is 1. The van der Waals surface area contributed by atoms with Crippen LogP contribution in [0.3, 0.4) is 0 Å². The van der Waals surface area contributed by atoms with Gasteiger partial charge in [0.15, 0.2) is 12.2 Å². The van der Waals surface area contributed by atoms with E-state index >= 15 is 0 Å². The van der Waals surface area contributed by atoms with Gasteiger partial charge in [-0.3, -0.25) is 14.4 Å². The zero-order valence-electron chi connectivity index (χ0n) is 18.6. The molecule has 11 nitrogen and oxygen atoms in total. The number of hydrogen-bond acceptors (Lipinski definition) is 11. The second kappa shape index (κ2) is 13.6. The summed E-state index contributed by atoms with van der Waals surface area (Å²) in [6.45, 7) is 4.09. The molecule has 0 aromatic rings. The highest BCUT2D eigenvalue weighted by Gasteiger charge is 2.51. The van der Waals surface area contributed by atoms with E-state index in [0.29, 0.717) is 0 Å². The maximum Gasteiger partial charge on any atom is 0.333 e. The van der Waals surface area contributed by atoms with Crippen molar-refractivity contribution in [3.8, 4) is 0 Å². The summed E-state index contributed by atoms with van der Waals surface area (Å²) in [5.41, 5.74) is 0. The average molecular weight is 458 g/mol. The Morgan fingerprint density at radius 3 is 1.91 bits per heavy atom. The quantitative estimate of drug-likeness (QED) is 0.263. The van der Waals surface area contributed by atoms with Crippen molar-refractivity contribution < 1.29 is 52.8 Å². The molecule has 180 valence electrons. The lowest BCUT2D eigenvalue weighted by molar-refractivity contribution is -0.282. The summed E-state index contributed by atoms with van der Waals surface area (Å²) in [5, 5.41) is 9.79. The van der Waals surface area contributed by atoms with Crippen LogP contribution in [0.4, 0.5) is 0 Å². The van der Waals surface area contributed by atoms with Crippen LogP contribution in [-0.4, -0.2) is 73.1 Å². The number of Topliss-reactive ketones (excluding diaryl/α,β-unsaturated/α-hetero) is 1. The summed E-state index contributed by atoms with van der Waals surface area (Å²) in [7, 11) is 1.13. The summed E-state index contributed by atoms with van der Waals surface area (Å²) >= 11 is 0. The Hall–Kier alpha value is -2.79. The number of carbonyl (C=O) groups is 5. The second-order valence-electron chi connectivity index (χ2n) is 6.90. The third kappa shape index (κ3) is 8.04. The minimum Gasteiger partial charge on any atom is -0.466 e. The molecule has 0 saturated carbocycles. The van der Waals surface area contributed by atoms with Crippen molar-refractivity contribution in [3.05, 3.63) is 12.2 Å². The van der Waals surface area contributed by atoms with Crippen molar-refractivity contribution in [1.82, 2.24) is 0 Å². The van der Waals surface area contributed by atoms with E-state index in [1.165, 1.54) is 0 Å². The average Bonchev–Trinajstić information content (AvgIpc) is 2.79. The van der Waals surface area contributed by atoms with E-state index in [1.807, 2.05) is 0 Å². The summed E-state index contributed by atoms with van der Waals surface area (Å²) in [5.74, 6) is -4.33. The predicted octanol–water partition coefficient (Wildman–Crippen LogP) is 0.605. The third-order valence-corrected chi connectivity index (χ3v) is 4.71. The fourth-order valence-corrected chi connectivity index (χ4v) is 2.97. The number of aliphatic hydroxyl groups is 1. The number of hydrogen-bond donors (Lipinski definition) is 1. The topological polar surface area (TPSA) is 152 Å². The van der Waals surface area contributed by atoms with Crippen molar-refractivity contribution >= 4 is 29.7 Å². The normalized spacial score (nSPS) is 25.1. The first-order valence-corrected chi connectivity index (χ1v) is 10.3. The molecule has 0 aromatic carbocycles.